The molecule has 0 spiro atoms. The second kappa shape index (κ2) is 4.65. The third-order valence-electron chi connectivity index (χ3n) is 2.82. The maximum absolute atomic E-state index is 10.5. The van der Waals surface area contributed by atoms with Gasteiger partial charge in [-0.05, 0) is 26.3 Å². The Kier molecular flexibility index (Phi) is 3.24. The third kappa shape index (κ3) is 2.41. The first-order valence-electron chi connectivity index (χ1n) is 5.58. The molecule has 0 amide bonds. The molecule has 1 aliphatic rings. The number of aliphatic carboxylic acids is 1. The summed E-state index contributed by atoms with van der Waals surface area (Å²) >= 11 is 0. The van der Waals surface area contributed by atoms with E-state index >= 15 is 0 Å². The van der Waals surface area contributed by atoms with Gasteiger partial charge >= 0.3 is 5.97 Å². The van der Waals surface area contributed by atoms with Gasteiger partial charge in [0.1, 0.15) is 12.2 Å². The molecule has 1 aromatic rings. The minimum Gasteiger partial charge on any atom is -0.481 e. The summed E-state index contributed by atoms with van der Waals surface area (Å²) in [7, 11) is 0. The molecule has 1 unspecified atom stereocenters. The molecule has 1 aromatic heterocycles. The van der Waals surface area contributed by atoms with Gasteiger partial charge in [-0.25, -0.2) is 4.98 Å². The van der Waals surface area contributed by atoms with E-state index < -0.39 is 5.97 Å². The Morgan fingerprint density at radius 1 is 1.62 bits per heavy atom. The fraction of sp³-hybridized carbons (Fsp3) is 0.636. The minimum absolute atomic E-state index is 0.145. The van der Waals surface area contributed by atoms with Crippen LogP contribution >= 0.6 is 0 Å². The number of carboxylic acids is 1. The molecule has 5 nitrogen and oxygen atoms in total. The van der Waals surface area contributed by atoms with E-state index in [1.54, 1.807) is 0 Å². The zero-order valence-electron chi connectivity index (χ0n) is 9.32. The molecule has 2 N–H and O–H groups in total. The smallest absolute Gasteiger partial charge is 0.312 e. The number of hydrogen-bond donors (Lipinski definition) is 2. The highest BCUT2D eigenvalue weighted by atomic mass is 16.4. The van der Waals surface area contributed by atoms with Gasteiger partial charge in [-0.3, -0.25) is 4.79 Å². The van der Waals surface area contributed by atoms with Crippen molar-refractivity contribution in [2.24, 2.45) is 0 Å². The molecule has 2 rings (SSSR count). The van der Waals surface area contributed by atoms with E-state index in [0.29, 0.717) is 5.89 Å². The molecule has 1 atom stereocenters. The van der Waals surface area contributed by atoms with Crippen molar-refractivity contribution in [2.75, 3.05) is 6.54 Å². The van der Waals surface area contributed by atoms with Crippen LogP contribution in [0.15, 0.2) is 4.42 Å². The molecule has 1 aliphatic heterocycles. The molecular weight excluding hydrogens is 208 g/mol. The summed E-state index contributed by atoms with van der Waals surface area (Å²) in [5.41, 5.74) is 0.871. The average Bonchev–Trinajstić information content (AvgIpc) is 2.60. The summed E-state index contributed by atoms with van der Waals surface area (Å²) < 4.78 is 5.35. The minimum atomic E-state index is -0.913. The van der Waals surface area contributed by atoms with E-state index in [2.05, 4.69) is 10.3 Å². The van der Waals surface area contributed by atoms with E-state index in [4.69, 9.17) is 9.52 Å². The highest BCUT2D eigenvalue weighted by Gasteiger charge is 2.22. The molecule has 2 heterocycles. The molecule has 0 saturated carbocycles. The standard InChI is InChI=1S/C11H16N2O3/c1-7-11(8-4-2-3-5-12-8)13-9(16-7)6-10(14)15/h8,12H,2-6H2,1H3,(H,14,15). The van der Waals surface area contributed by atoms with Crippen LogP contribution in [0.25, 0.3) is 0 Å². The molecule has 0 bridgehead atoms. The van der Waals surface area contributed by atoms with Crippen LogP contribution in [-0.4, -0.2) is 22.6 Å². The van der Waals surface area contributed by atoms with Gasteiger partial charge < -0.3 is 14.8 Å². The van der Waals surface area contributed by atoms with Crippen molar-refractivity contribution in [1.29, 1.82) is 0 Å². The fourth-order valence-corrected chi connectivity index (χ4v) is 2.08. The number of carbonyl (C=O) groups is 1. The largest absolute Gasteiger partial charge is 0.481 e. The van der Waals surface area contributed by atoms with Crippen molar-refractivity contribution in [3.8, 4) is 0 Å². The molecular formula is C11H16N2O3. The number of carboxylic acid groups (broad SMARTS) is 1. The Morgan fingerprint density at radius 2 is 2.44 bits per heavy atom. The molecule has 0 aliphatic carbocycles. The number of oxazole rings is 1. The van der Waals surface area contributed by atoms with Gasteiger partial charge in [0.25, 0.3) is 0 Å². The first-order valence-corrected chi connectivity index (χ1v) is 5.58. The number of aryl methyl sites for hydroxylation is 1. The highest BCUT2D eigenvalue weighted by molar-refractivity contribution is 5.68. The Labute approximate surface area is 93.9 Å². The summed E-state index contributed by atoms with van der Waals surface area (Å²) in [6, 6.07) is 0.222. The predicted molar refractivity (Wildman–Crippen MR) is 57.2 cm³/mol. The highest BCUT2D eigenvalue weighted by Crippen LogP contribution is 2.25. The Morgan fingerprint density at radius 3 is 3.06 bits per heavy atom. The van der Waals surface area contributed by atoms with Crippen molar-refractivity contribution in [3.05, 3.63) is 17.3 Å². The van der Waals surface area contributed by atoms with Gasteiger partial charge in [0.15, 0.2) is 0 Å². The van der Waals surface area contributed by atoms with Gasteiger partial charge in [-0.15, -0.1) is 0 Å². The van der Waals surface area contributed by atoms with Crippen LogP contribution in [0.1, 0.15) is 42.6 Å². The molecule has 0 radical (unpaired) electrons. The number of piperidine rings is 1. The molecule has 88 valence electrons. The zero-order valence-corrected chi connectivity index (χ0v) is 9.32. The van der Waals surface area contributed by atoms with E-state index in [9.17, 15) is 4.79 Å². The molecule has 16 heavy (non-hydrogen) atoms. The maximum Gasteiger partial charge on any atom is 0.312 e. The third-order valence-corrected chi connectivity index (χ3v) is 2.82. The maximum atomic E-state index is 10.5. The fourth-order valence-electron chi connectivity index (χ4n) is 2.08. The van der Waals surface area contributed by atoms with Crippen LogP contribution in [0, 0.1) is 6.92 Å². The molecule has 0 aromatic carbocycles. The summed E-state index contributed by atoms with van der Waals surface area (Å²) in [5.74, 6) is 0.118. The molecule has 1 saturated heterocycles. The lowest BCUT2D eigenvalue weighted by Crippen LogP contribution is -2.27. The van der Waals surface area contributed by atoms with Crippen molar-refractivity contribution in [2.45, 2.75) is 38.6 Å². The monoisotopic (exact) mass is 224 g/mol. The number of aromatic nitrogens is 1. The molecule has 5 heteroatoms. The first kappa shape index (κ1) is 11.1. The Hall–Kier alpha value is -1.36. The summed E-state index contributed by atoms with van der Waals surface area (Å²) in [6.07, 6.45) is 3.26. The molecule has 1 fully saturated rings. The van der Waals surface area contributed by atoms with Crippen LogP contribution in [0.4, 0.5) is 0 Å². The summed E-state index contributed by atoms with van der Waals surface area (Å²) in [5, 5.41) is 12.0. The van der Waals surface area contributed by atoms with E-state index in [-0.39, 0.29) is 12.5 Å². The van der Waals surface area contributed by atoms with E-state index in [0.717, 1.165) is 24.4 Å². The second-order valence-corrected chi connectivity index (χ2v) is 4.12. The topological polar surface area (TPSA) is 75.4 Å². The van der Waals surface area contributed by atoms with Crippen molar-refractivity contribution < 1.29 is 14.3 Å². The van der Waals surface area contributed by atoms with Crippen LogP contribution in [0.3, 0.4) is 0 Å². The van der Waals surface area contributed by atoms with Crippen LogP contribution < -0.4 is 5.32 Å². The van der Waals surface area contributed by atoms with Crippen LogP contribution in [0.2, 0.25) is 0 Å². The van der Waals surface area contributed by atoms with Gasteiger partial charge in [0.2, 0.25) is 5.89 Å². The Balaban J connectivity index is 2.13. The number of rotatable bonds is 3. The van der Waals surface area contributed by atoms with Crippen molar-refractivity contribution >= 4 is 5.97 Å². The summed E-state index contributed by atoms with van der Waals surface area (Å²) in [6.45, 7) is 2.83. The lowest BCUT2D eigenvalue weighted by Gasteiger charge is -2.21. The average molecular weight is 224 g/mol. The lowest BCUT2D eigenvalue weighted by molar-refractivity contribution is -0.136. The van der Waals surface area contributed by atoms with Gasteiger partial charge in [-0.2, -0.15) is 0 Å². The van der Waals surface area contributed by atoms with Crippen molar-refractivity contribution in [3.63, 3.8) is 0 Å². The van der Waals surface area contributed by atoms with Crippen LogP contribution in [-0.2, 0) is 11.2 Å². The normalized spacial score (nSPS) is 20.9. The number of nitrogens with one attached hydrogen (secondary N) is 1. The predicted octanol–water partition coefficient (Wildman–Crippen LogP) is 1.42. The van der Waals surface area contributed by atoms with E-state index in [1.807, 2.05) is 6.92 Å². The van der Waals surface area contributed by atoms with Gasteiger partial charge in [-0.1, -0.05) is 6.42 Å². The SMILES string of the molecule is Cc1oc(CC(=O)O)nc1C1CCCCN1. The van der Waals surface area contributed by atoms with Crippen molar-refractivity contribution in [1.82, 2.24) is 10.3 Å². The second-order valence-electron chi connectivity index (χ2n) is 4.12. The summed E-state index contributed by atoms with van der Waals surface area (Å²) in [4.78, 5) is 14.8. The van der Waals surface area contributed by atoms with E-state index in [1.165, 1.54) is 12.8 Å². The first-order chi connectivity index (χ1) is 7.66. The Bertz CT molecular complexity index is 381. The quantitative estimate of drug-likeness (QED) is 0.812. The number of nitrogens with zero attached hydrogens (tertiary/aromatic N) is 1. The van der Waals surface area contributed by atoms with Crippen LogP contribution in [0.5, 0.6) is 0 Å². The zero-order chi connectivity index (χ0) is 11.5. The number of hydrogen-bond acceptors (Lipinski definition) is 4. The van der Waals surface area contributed by atoms with Gasteiger partial charge in [0.05, 0.1) is 11.7 Å². The van der Waals surface area contributed by atoms with Gasteiger partial charge in [0, 0.05) is 0 Å². The lowest BCUT2D eigenvalue weighted by atomic mass is 10.0.